The molecule has 8 heteroatoms. The monoisotopic (exact) mass is 320 g/mol. The Morgan fingerprint density at radius 2 is 1.91 bits per heavy atom. The molecule has 0 aromatic heterocycles. The summed E-state index contributed by atoms with van der Waals surface area (Å²) >= 11 is 5.87. The number of rotatable bonds is 4. The van der Waals surface area contributed by atoms with Gasteiger partial charge in [0.05, 0.1) is 21.1 Å². The summed E-state index contributed by atoms with van der Waals surface area (Å²) in [5.74, 6) is -1.80. The van der Waals surface area contributed by atoms with Gasteiger partial charge in [-0.25, -0.2) is 4.79 Å². The molecular weight excluding hydrogens is 312 g/mol. The minimum atomic E-state index is -1.13. The van der Waals surface area contributed by atoms with E-state index in [-0.39, 0.29) is 27.5 Å². The van der Waals surface area contributed by atoms with Crippen molar-refractivity contribution in [2.75, 3.05) is 5.32 Å². The number of nitrogens with zero attached hydrogens (tertiary/aromatic N) is 1. The normalized spacial score (nSPS) is 10.0. The van der Waals surface area contributed by atoms with Gasteiger partial charge in [0.2, 0.25) is 0 Å². The summed E-state index contributed by atoms with van der Waals surface area (Å²) in [6.07, 6.45) is 0. The van der Waals surface area contributed by atoms with Gasteiger partial charge in [0, 0.05) is 17.8 Å². The third-order valence-electron chi connectivity index (χ3n) is 2.77. The molecule has 112 valence electrons. The Morgan fingerprint density at radius 3 is 2.55 bits per heavy atom. The molecule has 7 nitrogen and oxygen atoms in total. The fourth-order valence-electron chi connectivity index (χ4n) is 1.73. The van der Waals surface area contributed by atoms with E-state index in [1.807, 2.05) is 0 Å². The van der Waals surface area contributed by atoms with Crippen molar-refractivity contribution in [2.45, 2.75) is 0 Å². The van der Waals surface area contributed by atoms with Gasteiger partial charge in [0.25, 0.3) is 11.6 Å². The molecular formula is C14H9ClN2O5. The van der Waals surface area contributed by atoms with Crippen LogP contribution in [0.25, 0.3) is 0 Å². The summed E-state index contributed by atoms with van der Waals surface area (Å²) in [4.78, 5) is 33.1. The first-order valence-electron chi connectivity index (χ1n) is 5.97. The van der Waals surface area contributed by atoms with E-state index in [2.05, 4.69) is 5.32 Å². The number of carboxylic acid groups (broad SMARTS) is 1. The van der Waals surface area contributed by atoms with Crippen LogP contribution in [0.1, 0.15) is 20.7 Å². The fourth-order valence-corrected chi connectivity index (χ4v) is 1.93. The Balaban J connectivity index is 2.29. The number of non-ortho nitro benzene ring substituents is 1. The highest BCUT2D eigenvalue weighted by atomic mass is 35.5. The van der Waals surface area contributed by atoms with E-state index < -0.39 is 16.8 Å². The number of amides is 1. The van der Waals surface area contributed by atoms with Crippen LogP contribution in [0, 0.1) is 10.1 Å². The molecule has 0 fully saturated rings. The Kier molecular flexibility index (Phi) is 4.38. The number of nitrogens with one attached hydrogen (secondary N) is 1. The van der Waals surface area contributed by atoms with Gasteiger partial charge < -0.3 is 10.4 Å². The van der Waals surface area contributed by atoms with Gasteiger partial charge in [-0.3, -0.25) is 14.9 Å². The first-order chi connectivity index (χ1) is 10.4. The van der Waals surface area contributed by atoms with Crippen molar-refractivity contribution in [3.8, 4) is 0 Å². The zero-order valence-corrected chi connectivity index (χ0v) is 11.7. The number of carboxylic acids is 1. The zero-order chi connectivity index (χ0) is 16.3. The Morgan fingerprint density at radius 1 is 1.18 bits per heavy atom. The maximum atomic E-state index is 12.1. The van der Waals surface area contributed by atoms with Gasteiger partial charge in [0.1, 0.15) is 0 Å². The maximum Gasteiger partial charge on any atom is 0.335 e. The standard InChI is InChI=1S/C14H9ClN2O5/c15-12-5-4-10(17(21)22)7-11(12)13(18)16-9-3-1-2-8(6-9)14(19)20/h1-7H,(H,16,18)(H,19,20). The molecule has 0 heterocycles. The van der Waals surface area contributed by atoms with Gasteiger partial charge in [-0.2, -0.15) is 0 Å². The number of halogens is 1. The molecule has 0 aliphatic rings. The van der Waals surface area contributed by atoms with Gasteiger partial charge in [0.15, 0.2) is 0 Å². The third-order valence-corrected chi connectivity index (χ3v) is 3.10. The van der Waals surface area contributed by atoms with Crippen LogP contribution < -0.4 is 5.32 Å². The number of carbonyl (C=O) groups excluding carboxylic acids is 1. The second-order valence-electron chi connectivity index (χ2n) is 4.26. The lowest BCUT2D eigenvalue weighted by atomic mass is 10.1. The SMILES string of the molecule is O=C(O)c1cccc(NC(=O)c2cc([N+](=O)[O-])ccc2Cl)c1. The molecule has 0 radical (unpaired) electrons. The van der Waals surface area contributed by atoms with Crippen molar-refractivity contribution in [2.24, 2.45) is 0 Å². The summed E-state index contributed by atoms with van der Waals surface area (Å²) < 4.78 is 0. The van der Waals surface area contributed by atoms with Crippen molar-refractivity contribution in [3.05, 3.63) is 68.7 Å². The Labute approximate surface area is 129 Å². The molecule has 0 spiro atoms. The van der Waals surface area contributed by atoms with Crippen molar-refractivity contribution < 1.29 is 19.6 Å². The summed E-state index contributed by atoms with van der Waals surface area (Å²) in [5.41, 5.74) is -0.0964. The van der Waals surface area contributed by atoms with Crippen LogP contribution in [0.5, 0.6) is 0 Å². The Hall–Kier alpha value is -2.93. The predicted octanol–water partition coefficient (Wildman–Crippen LogP) is 3.20. The number of nitro groups is 1. The molecule has 0 atom stereocenters. The number of benzene rings is 2. The molecule has 2 aromatic rings. The molecule has 0 saturated carbocycles. The first-order valence-corrected chi connectivity index (χ1v) is 6.35. The Bertz CT molecular complexity index is 776. The van der Waals surface area contributed by atoms with Crippen LogP contribution in [-0.2, 0) is 0 Å². The molecule has 0 aliphatic carbocycles. The largest absolute Gasteiger partial charge is 0.478 e. The van der Waals surface area contributed by atoms with Crippen molar-refractivity contribution in [1.82, 2.24) is 0 Å². The van der Waals surface area contributed by atoms with E-state index in [9.17, 15) is 19.7 Å². The molecule has 0 unspecified atom stereocenters. The lowest BCUT2D eigenvalue weighted by Crippen LogP contribution is -2.13. The number of hydrogen-bond donors (Lipinski definition) is 2. The third kappa shape index (κ3) is 3.39. The summed E-state index contributed by atoms with van der Waals surface area (Å²) in [6.45, 7) is 0. The maximum absolute atomic E-state index is 12.1. The van der Waals surface area contributed by atoms with E-state index >= 15 is 0 Å². The molecule has 2 aromatic carbocycles. The highest BCUT2D eigenvalue weighted by Crippen LogP contribution is 2.23. The van der Waals surface area contributed by atoms with Crippen molar-refractivity contribution in [3.63, 3.8) is 0 Å². The van der Waals surface area contributed by atoms with Crippen LogP contribution in [0.2, 0.25) is 5.02 Å². The number of hydrogen-bond acceptors (Lipinski definition) is 4. The number of anilines is 1. The second-order valence-corrected chi connectivity index (χ2v) is 4.67. The number of nitro benzene ring substituents is 1. The minimum absolute atomic E-state index is 0.00272. The van der Waals surface area contributed by atoms with E-state index in [0.29, 0.717) is 0 Å². The van der Waals surface area contributed by atoms with Crippen LogP contribution >= 0.6 is 11.6 Å². The lowest BCUT2D eigenvalue weighted by molar-refractivity contribution is -0.384. The number of carbonyl (C=O) groups is 2. The zero-order valence-electron chi connectivity index (χ0n) is 10.9. The lowest BCUT2D eigenvalue weighted by Gasteiger charge is -2.07. The number of aromatic carboxylic acids is 1. The molecule has 2 N–H and O–H groups in total. The average Bonchev–Trinajstić information content (AvgIpc) is 2.47. The van der Waals surface area contributed by atoms with E-state index in [1.165, 1.54) is 36.4 Å². The van der Waals surface area contributed by atoms with Gasteiger partial charge >= 0.3 is 5.97 Å². The summed E-state index contributed by atoms with van der Waals surface area (Å²) in [6, 6.07) is 9.10. The molecule has 0 saturated heterocycles. The summed E-state index contributed by atoms with van der Waals surface area (Å²) in [7, 11) is 0. The highest BCUT2D eigenvalue weighted by molar-refractivity contribution is 6.34. The molecule has 22 heavy (non-hydrogen) atoms. The van der Waals surface area contributed by atoms with Crippen LogP contribution in [0.3, 0.4) is 0 Å². The summed E-state index contributed by atoms with van der Waals surface area (Å²) in [5, 5.41) is 22.1. The van der Waals surface area contributed by atoms with Crippen LogP contribution in [0.15, 0.2) is 42.5 Å². The average molecular weight is 321 g/mol. The molecule has 0 bridgehead atoms. The second kappa shape index (κ2) is 6.23. The van der Waals surface area contributed by atoms with Crippen LogP contribution in [0.4, 0.5) is 11.4 Å². The van der Waals surface area contributed by atoms with Gasteiger partial charge in [-0.05, 0) is 24.3 Å². The van der Waals surface area contributed by atoms with Crippen LogP contribution in [-0.4, -0.2) is 21.9 Å². The van der Waals surface area contributed by atoms with E-state index in [0.717, 1.165) is 6.07 Å². The van der Waals surface area contributed by atoms with Gasteiger partial charge in [-0.15, -0.1) is 0 Å². The quantitative estimate of drug-likeness (QED) is 0.664. The highest BCUT2D eigenvalue weighted by Gasteiger charge is 2.16. The van der Waals surface area contributed by atoms with Crippen molar-refractivity contribution in [1.29, 1.82) is 0 Å². The first kappa shape index (κ1) is 15.5. The topological polar surface area (TPSA) is 110 Å². The van der Waals surface area contributed by atoms with Gasteiger partial charge in [-0.1, -0.05) is 17.7 Å². The smallest absolute Gasteiger partial charge is 0.335 e. The van der Waals surface area contributed by atoms with Crippen molar-refractivity contribution >= 4 is 34.9 Å². The molecule has 2 rings (SSSR count). The molecule has 1 amide bonds. The molecule has 0 aliphatic heterocycles. The fraction of sp³-hybridized carbons (Fsp3) is 0. The van der Waals surface area contributed by atoms with E-state index in [4.69, 9.17) is 16.7 Å². The predicted molar refractivity (Wildman–Crippen MR) is 79.5 cm³/mol. The minimum Gasteiger partial charge on any atom is -0.478 e. The van der Waals surface area contributed by atoms with E-state index in [1.54, 1.807) is 0 Å².